The number of hydrogen-bond acceptors (Lipinski definition) is 2. The van der Waals surface area contributed by atoms with Gasteiger partial charge >= 0.3 is 0 Å². The molecular formula is C7H3BrClFO2. The van der Waals surface area contributed by atoms with Crippen LogP contribution in [0.3, 0.4) is 0 Å². The third kappa shape index (κ3) is 1.76. The first kappa shape index (κ1) is 9.48. The Labute approximate surface area is 81.1 Å². The van der Waals surface area contributed by atoms with Crippen LogP contribution in [0.25, 0.3) is 0 Å². The van der Waals surface area contributed by atoms with Crippen LogP contribution in [-0.2, 0) is 0 Å². The SMILES string of the molecule is O=C(Cl)c1cc(O)cc(Br)c1F. The van der Waals surface area contributed by atoms with E-state index in [1.807, 2.05) is 0 Å². The van der Waals surface area contributed by atoms with Crippen molar-refractivity contribution in [1.82, 2.24) is 0 Å². The fourth-order valence-corrected chi connectivity index (χ4v) is 1.30. The van der Waals surface area contributed by atoms with Gasteiger partial charge in [-0.3, -0.25) is 4.79 Å². The Kier molecular flexibility index (Phi) is 2.69. The average molecular weight is 253 g/mol. The van der Waals surface area contributed by atoms with E-state index in [-0.39, 0.29) is 15.8 Å². The van der Waals surface area contributed by atoms with Crippen molar-refractivity contribution in [1.29, 1.82) is 0 Å². The number of halogens is 3. The molecule has 0 aliphatic carbocycles. The zero-order valence-corrected chi connectivity index (χ0v) is 7.99. The molecule has 0 bridgehead atoms. The summed E-state index contributed by atoms with van der Waals surface area (Å²) in [4.78, 5) is 10.6. The molecule has 1 aromatic rings. The summed E-state index contributed by atoms with van der Waals surface area (Å²) in [5.74, 6) is -0.986. The number of rotatable bonds is 1. The molecule has 0 heterocycles. The predicted octanol–water partition coefficient (Wildman–Crippen LogP) is 2.67. The number of hydrogen-bond donors (Lipinski definition) is 1. The lowest BCUT2D eigenvalue weighted by molar-refractivity contribution is 0.107. The highest BCUT2D eigenvalue weighted by Gasteiger charge is 2.13. The van der Waals surface area contributed by atoms with Crippen molar-refractivity contribution >= 4 is 32.8 Å². The number of phenolic OH excluding ortho intramolecular Hbond substituents is 1. The molecular weight excluding hydrogens is 250 g/mol. The minimum atomic E-state index is -0.941. The Morgan fingerprint density at radius 1 is 1.58 bits per heavy atom. The summed E-state index contributed by atoms with van der Waals surface area (Å²) in [6.07, 6.45) is 0. The Morgan fingerprint density at radius 2 is 2.17 bits per heavy atom. The molecule has 64 valence electrons. The molecule has 1 aromatic carbocycles. The summed E-state index contributed by atoms with van der Waals surface area (Å²) < 4.78 is 13.0. The minimum absolute atomic E-state index is 0.00602. The van der Waals surface area contributed by atoms with Gasteiger partial charge in [0.15, 0.2) is 0 Å². The predicted molar refractivity (Wildman–Crippen MR) is 45.9 cm³/mol. The van der Waals surface area contributed by atoms with Gasteiger partial charge in [-0.05, 0) is 39.7 Å². The van der Waals surface area contributed by atoms with Crippen molar-refractivity contribution in [3.05, 3.63) is 28.0 Å². The highest BCUT2D eigenvalue weighted by molar-refractivity contribution is 9.10. The quantitative estimate of drug-likeness (QED) is 0.781. The summed E-state index contributed by atoms with van der Waals surface area (Å²) in [6, 6.07) is 2.11. The highest BCUT2D eigenvalue weighted by atomic mass is 79.9. The molecule has 0 fully saturated rings. The van der Waals surface area contributed by atoms with Gasteiger partial charge in [0.25, 0.3) is 5.24 Å². The number of phenols is 1. The van der Waals surface area contributed by atoms with Gasteiger partial charge in [0.05, 0.1) is 10.0 Å². The van der Waals surface area contributed by atoms with E-state index in [1.165, 1.54) is 0 Å². The smallest absolute Gasteiger partial charge is 0.255 e. The minimum Gasteiger partial charge on any atom is -0.508 e. The molecule has 0 atom stereocenters. The van der Waals surface area contributed by atoms with E-state index < -0.39 is 11.1 Å². The van der Waals surface area contributed by atoms with E-state index in [0.29, 0.717) is 0 Å². The Bertz CT molecular complexity index is 340. The van der Waals surface area contributed by atoms with Crippen molar-refractivity contribution in [2.75, 3.05) is 0 Å². The lowest BCUT2D eigenvalue weighted by Crippen LogP contribution is -1.94. The summed E-state index contributed by atoms with van der Waals surface area (Å²) in [7, 11) is 0. The van der Waals surface area contributed by atoms with Crippen LogP contribution in [0.2, 0.25) is 0 Å². The molecule has 2 nitrogen and oxygen atoms in total. The zero-order chi connectivity index (χ0) is 9.30. The van der Waals surface area contributed by atoms with Crippen molar-refractivity contribution in [2.45, 2.75) is 0 Å². The van der Waals surface area contributed by atoms with Crippen LogP contribution in [0.5, 0.6) is 5.75 Å². The summed E-state index contributed by atoms with van der Waals surface area (Å²) >= 11 is 7.86. The van der Waals surface area contributed by atoms with Crippen LogP contribution in [0.4, 0.5) is 4.39 Å². The molecule has 0 radical (unpaired) electrons. The topological polar surface area (TPSA) is 37.3 Å². The van der Waals surface area contributed by atoms with E-state index in [4.69, 9.17) is 16.7 Å². The third-order valence-electron chi connectivity index (χ3n) is 1.22. The summed E-state index contributed by atoms with van der Waals surface area (Å²) in [5.41, 5.74) is -0.344. The van der Waals surface area contributed by atoms with Crippen molar-refractivity contribution in [3.63, 3.8) is 0 Å². The molecule has 5 heteroatoms. The van der Waals surface area contributed by atoms with Gasteiger partial charge in [-0.25, -0.2) is 4.39 Å². The number of carbonyl (C=O) groups excluding carboxylic acids is 1. The van der Waals surface area contributed by atoms with Gasteiger partial charge < -0.3 is 5.11 Å². The van der Waals surface area contributed by atoms with E-state index in [2.05, 4.69) is 15.9 Å². The van der Waals surface area contributed by atoms with Gasteiger partial charge in [0, 0.05) is 0 Å². The summed E-state index contributed by atoms with van der Waals surface area (Å²) in [6.45, 7) is 0. The number of aromatic hydroxyl groups is 1. The Hall–Kier alpha value is -0.610. The van der Waals surface area contributed by atoms with Crippen LogP contribution in [0.15, 0.2) is 16.6 Å². The molecule has 1 rings (SSSR count). The second-order valence-corrected chi connectivity index (χ2v) is 3.26. The van der Waals surface area contributed by atoms with Crippen LogP contribution in [0.1, 0.15) is 10.4 Å². The molecule has 0 saturated heterocycles. The maximum Gasteiger partial charge on any atom is 0.255 e. The fourth-order valence-electron chi connectivity index (χ4n) is 0.718. The standard InChI is InChI=1S/C7H3BrClFO2/c8-5-2-3(11)1-4(6(5)10)7(9)12/h1-2,11H. The van der Waals surface area contributed by atoms with Gasteiger partial charge in [0.2, 0.25) is 0 Å². The Balaban J connectivity index is 3.37. The van der Waals surface area contributed by atoms with Crippen LogP contribution >= 0.6 is 27.5 Å². The van der Waals surface area contributed by atoms with Gasteiger partial charge in [-0.15, -0.1) is 0 Å². The van der Waals surface area contributed by atoms with Crippen molar-refractivity contribution in [3.8, 4) is 5.75 Å². The molecule has 0 amide bonds. The molecule has 0 aromatic heterocycles. The van der Waals surface area contributed by atoms with Crippen LogP contribution in [0, 0.1) is 5.82 Å². The second-order valence-electron chi connectivity index (χ2n) is 2.06. The first-order valence-corrected chi connectivity index (χ1v) is 4.07. The van der Waals surface area contributed by atoms with E-state index >= 15 is 0 Å². The maximum atomic E-state index is 13.0. The zero-order valence-electron chi connectivity index (χ0n) is 5.64. The summed E-state index contributed by atoms with van der Waals surface area (Å²) in [5, 5.41) is 8.02. The first-order valence-electron chi connectivity index (χ1n) is 2.90. The van der Waals surface area contributed by atoms with Gasteiger partial charge in [-0.1, -0.05) is 0 Å². The van der Waals surface area contributed by atoms with Crippen molar-refractivity contribution < 1.29 is 14.3 Å². The number of carbonyl (C=O) groups is 1. The molecule has 0 saturated carbocycles. The monoisotopic (exact) mass is 252 g/mol. The van der Waals surface area contributed by atoms with Gasteiger partial charge in [0.1, 0.15) is 11.6 Å². The normalized spacial score (nSPS) is 9.92. The average Bonchev–Trinajstić information content (AvgIpc) is 1.96. The lowest BCUT2D eigenvalue weighted by Gasteiger charge is -2.00. The maximum absolute atomic E-state index is 13.0. The van der Waals surface area contributed by atoms with E-state index in [9.17, 15) is 9.18 Å². The van der Waals surface area contributed by atoms with Crippen LogP contribution in [-0.4, -0.2) is 10.3 Å². The third-order valence-corrected chi connectivity index (χ3v) is 2.01. The molecule has 12 heavy (non-hydrogen) atoms. The molecule has 1 N–H and O–H groups in total. The van der Waals surface area contributed by atoms with E-state index in [0.717, 1.165) is 12.1 Å². The largest absolute Gasteiger partial charge is 0.508 e. The molecule has 0 unspecified atom stereocenters. The molecule has 0 aliphatic heterocycles. The second kappa shape index (κ2) is 3.41. The van der Waals surface area contributed by atoms with Gasteiger partial charge in [-0.2, -0.15) is 0 Å². The fraction of sp³-hybridized carbons (Fsp3) is 0. The lowest BCUT2D eigenvalue weighted by atomic mass is 10.2. The van der Waals surface area contributed by atoms with Crippen LogP contribution < -0.4 is 0 Å². The molecule has 0 spiro atoms. The number of benzene rings is 1. The first-order chi connectivity index (χ1) is 5.52. The highest BCUT2D eigenvalue weighted by Crippen LogP contribution is 2.25. The molecule has 0 aliphatic rings. The van der Waals surface area contributed by atoms with Crippen molar-refractivity contribution in [2.24, 2.45) is 0 Å². The Morgan fingerprint density at radius 3 is 2.67 bits per heavy atom. The van der Waals surface area contributed by atoms with E-state index in [1.54, 1.807) is 0 Å².